The molecular weight excluding hydrogens is 224 g/mol. The number of carbonyl (C=O) groups excluding carboxylic acids is 1. The summed E-state index contributed by atoms with van der Waals surface area (Å²) in [6, 6.07) is 0.241. The monoisotopic (exact) mass is 248 g/mol. The maximum atomic E-state index is 11.3. The normalized spacial score (nSPS) is 17.4. The second-order valence-corrected chi connectivity index (χ2v) is 4.80. The van der Waals surface area contributed by atoms with Crippen LogP contribution in [0.2, 0.25) is 0 Å². The lowest BCUT2D eigenvalue weighted by Gasteiger charge is -2.25. The van der Waals surface area contributed by atoms with E-state index in [-0.39, 0.29) is 11.9 Å². The quantitative estimate of drug-likeness (QED) is 0.596. The van der Waals surface area contributed by atoms with Crippen LogP contribution in [0.4, 0.5) is 0 Å². The highest BCUT2D eigenvalue weighted by molar-refractivity contribution is 5.75. The van der Waals surface area contributed by atoms with Gasteiger partial charge in [0, 0.05) is 25.6 Å². The topological polar surface area (TPSA) is 32.3 Å². The first-order valence-corrected chi connectivity index (χ1v) is 6.75. The molecular formula is C15H24N2O. The van der Waals surface area contributed by atoms with Crippen LogP contribution in [0.3, 0.4) is 0 Å². The Labute approximate surface area is 111 Å². The maximum absolute atomic E-state index is 11.3. The minimum Gasteiger partial charge on any atom is -0.353 e. The standard InChI is InChI=1S/C15H24N2O/c1-4-6-9-17-10-7-14(8-11-17)12-13(3)16-15(18)5-2/h7,13H,5,8-12H2,1-3H3,(H,16,18)/t13-/m1/s1. The van der Waals surface area contributed by atoms with E-state index < -0.39 is 0 Å². The van der Waals surface area contributed by atoms with Gasteiger partial charge in [0.2, 0.25) is 5.91 Å². The molecule has 1 heterocycles. The van der Waals surface area contributed by atoms with E-state index in [0.29, 0.717) is 6.42 Å². The number of hydrogen-bond acceptors (Lipinski definition) is 2. The summed E-state index contributed by atoms with van der Waals surface area (Å²) in [5, 5.41) is 3.01. The van der Waals surface area contributed by atoms with E-state index in [1.807, 2.05) is 13.8 Å². The molecule has 0 aromatic heterocycles. The fourth-order valence-electron chi connectivity index (χ4n) is 2.09. The lowest BCUT2D eigenvalue weighted by molar-refractivity contribution is -0.121. The molecule has 100 valence electrons. The Morgan fingerprint density at radius 2 is 2.39 bits per heavy atom. The van der Waals surface area contributed by atoms with Crippen molar-refractivity contribution in [3.63, 3.8) is 0 Å². The summed E-state index contributed by atoms with van der Waals surface area (Å²) in [5.41, 5.74) is 1.46. The van der Waals surface area contributed by atoms with E-state index in [1.165, 1.54) is 5.57 Å². The van der Waals surface area contributed by atoms with Crippen LogP contribution in [0.5, 0.6) is 0 Å². The summed E-state index contributed by atoms with van der Waals surface area (Å²) >= 11 is 0. The molecule has 0 bridgehead atoms. The Bertz CT molecular complexity index is 362. The van der Waals surface area contributed by atoms with E-state index >= 15 is 0 Å². The van der Waals surface area contributed by atoms with Gasteiger partial charge in [0.1, 0.15) is 0 Å². The maximum Gasteiger partial charge on any atom is 0.219 e. The van der Waals surface area contributed by atoms with Gasteiger partial charge < -0.3 is 5.32 Å². The number of amides is 1. The SMILES string of the molecule is CC#CCN1CC=C(C[C@@H](C)NC(=O)CC)CC1. The van der Waals surface area contributed by atoms with E-state index in [4.69, 9.17) is 0 Å². The Balaban J connectivity index is 2.33. The first-order valence-electron chi connectivity index (χ1n) is 6.75. The summed E-state index contributed by atoms with van der Waals surface area (Å²) in [6.07, 6.45) is 4.92. The molecule has 0 aromatic rings. The third-order valence-electron chi connectivity index (χ3n) is 3.16. The summed E-state index contributed by atoms with van der Waals surface area (Å²) in [4.78, 5) is 13.6. The predicted octanol–water partition coefficient (Wildman–Crippen LogP) is 1.95. The first-order chi connectivity index (χ1) is 8.65. The van der Waals surface area contributed by atoms with Gasteiger partial charge in [0.25, 0.3) is 0 Å². The Kier molecular flexibility index (Phi) is 6.53. The zero-order chi connectivity index (χ0) is 13.4. The van der Waals surface area contributed by atoms with Crippen LogP contribution in [0, 0.1) is 11.8 Å². The van der Waals surface area contributed by atoms with Crippen LogP contribution in [0.25, 0.3) is 0 Å². The third-order valence-corrected chi connectivity index (χ3v) is 3.16. The van der Waals surface area contributed by atoms with Crippen molar-refractivity contribution in [2.75, 3.05) is 19.6 Å². The largest absolute Gasteiger partial charge is 0.353 e. The minimum absolute atomic E-state index is 0.138. The van der Waals surface area contributed by atoms with Crippen molar-refractivity contribution in [3.05, 3.63) is 11.6 Å². The molecule has 0 radical (unpaired) electrons. The molecule has 1 aliphatic heterocycles. The fraction of sp³-hybridized carbons (Fsp3) is 0.667. The Morgan fingerprint density at radius 3 is 2.94 bits per heavy atom. The molecule has 1 rings (SSSR count). The number of rotatable bonds is 5. The van der Waals surface area contributed by atoms with E-state index in [9.17, 15) is 4.79 Å². The van der Waals surface area contributed by atoms with E-state index in [2.05, 4.69) is 35.1 Å². The molecule has 1 N–H and O–H groups in total. The van der Waals surface area contributed by atoms with Gasteiger partial charge in [-0.1, -0.05) is 24.5 Å². The first kappa shape index (κ1) is 14.8. The average Bonchev–Trinajstić information content (AvgIpc) is 2.37. The molecule has 3 nitrogen and oxygen atoms in total. The van der Waals surface area contributed by atoms with Crippen molar-refractivity contribution in [3.8, 4) is 11.8 Å². The number of nitrogens with zero attached hydrogens (tertiary/aromatic N) is 1. The molecule has 3 heteroatoms. The highest BCUT2D eigenvalue weighted by Gasteiger charge is 2.13. The van der Waals surface area contributed by atoms with Crippen molar-refractivity contribution in [1.29, 1.82) is 0 Å². The average molecular weight is 248 g/mol. The molecule has 18 heavy (non-hydrogen) atoms. The predicted molar refractivity (Wildman–Crippen MR) is 75.1 cm³/mol. The second-order valence-electron chi connectivity index (χ2n) is 4.80. The number of nitrogens with one attached hydrogen (secondary N) is 1. The summed E-state index contributed by atoms with van der Waals surface area (Å²) in [5.74, 6) is 6.16. The van der Waals surface area contributed by atoms with Crippen LogP contribution < -0.4 is 5.32 Å². The lowest BCUT2D eigenvalue weighted by atomic mass is 10.0. The van der Waals surface area contributed by atoms with Crippen LogP contribution in [0.15, 0.2) is 11.6 Å². The highest BCUT2D eigenvalue weighted by Crippen LogP contribution is 2.15. The van der Waals surface area contributed by atoms with Crippen molar-refractivity contribution in [2.24, 2.45) is 0 Å². The highest BCUT2D eigenvalue weighted by atomic mass is 16.1. The molecule has 0 saturated carbocycles. The molecule has 0 aliphatic carbocycles. The van der Waals surface area contributed by atoms with Gasteiger partial charge in [-0.15, -0.1) is 5.92 Å². The Hall–Kier alpha value is -1.27. The number of carbonyl (C=O) groups is 1. The lowest BCUT2D eigenvalue weighted by Crippen LogP contribution is -2.34. The minimum atomic E-state index is 0.138. The molecule has 1 atom stereocenters. The van der Waals surface area contributed by atoms with Crippen molar-refractivity contribution in [2.45, 2.75) is 46.1 Å². The van der Waals surface area contributed by atoms with Crippen molar-refractivity contribution < 1.29 is 4.79 Å². The van der Waals surface area contributed by atoms with Crippen molar-refractivity contribution in [1.82, 2.24) is 10.2 Å². The zero-order valence-corrected chi connectivity index (χ0v) is 11.8. The Morgan fingerprint density at radius 1 is 1.61 bits per heavy atom. The molecule has 1 aliphatic rings. The number of hydrogen-bond donors (Lipinski definition) is 1. The van der Waals surface area contributed by atoms with Gasteiger partial charge in [-0.3, -0.25) is 9.69 Å². The van der Waals surface area contributed by atoms with Gasteiger partial charge in [-0.25, -0.2) is 0 Å². The third kappa shape index (κ3) is 5.37. The van der Waals surface area contributed by atoms with Gasteiger partial charge in [-0.05, 0) is 26.7 Å². The zero-order valence-electron chi connectivity index (χ0n) is 11.8. The molecule has 0 aromatic carbocycles. The van der Waals surface area contributed by atoms with Crippen LogP contribution in [-0.2, 0) is 4.79 Å². The summed E-state index contributed by atoms with van der Waals surface area (Å²) in [6.45, 7) is 8.76. The molecule has 0 spiro atoms. The van der Waals surface area contributed by atoms with E-state index in [1.54, 1.807) is 0 Å². The molecule has 0 unspecified atom stereocenters. The van der Waals surface area contributed by atoms with Crippen molar-refractivity contribution >= 4 is 5.91 Å². The molecule has 1 amide bonds. The molecule has 0 fully saturated rings. The summed E-state index contributed by atoms with van der Waals surface area (Å²) in [7, 11) is 0. The van der Waals surface area contributed by atoms with Gasteiger partial charge in [0.15, 0.2) is 0 Å². The van der Waals surface area contributed by atoms with Crippen LogP contribution in [0.1, 0.15) is 40.0 Å². The van der Waals surface area contributed by atoms with Gasteiger partial charge in [-0.2, -0.15) is 0 Å². The van der Waals surface area contributed by atoms with Gasteiger partial charge >= 0.3 is 0 Å². The summed E-state index contributed by atoms with van der Waals surface area (Å²) < 4.78 is 0. The molecule has 0 saturated heterocycles. The second kappa shape index (κ2) is 7.94. The smallest absolute Gasteiger partial charge is 0.219 e. The fourth-order valence-corrected chi connectivity index (χ4v) is 2.09. The van der Waals surface area contributed by atoms with Crippen LogP contribution >= 0.6 is 0 Å². The van der Waals surface area contributed by atoms with E-state index in [0.717, 1.165) is 32.5 Å². The van der Waals surface area contributed by atoms with Gasteiger partial charge in [0.05, 0.1) is 6.54 Å². The van der Waals surface area contributed by atoms with Crippen LogP contribution in [-0.4, -0.2) is 36.5 Å².